The maximum atomic E-state index is 13.3. The Kier molecular flexibility index (Phi) is 5.61. The summed E-state index contributed by atoms with van der Waals surface area (Å²) in [6.07, 6.45) is 2.39. The topological polar surface area (TPSA) is 70.2 Å². The largest absolute Gasteiger partial charge is 0.324 e. The third-order valence-electron chi connectivity index (χ3n) is 5.13. The normalized spacial score (nSPS) is 13.1. The number of nitrogens with zero attached hydrogens (tertiary/aromatic N) is 3. The van der Waals surface area contributed by atoms with Crippen LogP contribution in [0.2, 0.25) is 0 Å². The number of rotatable bonds is 4. The van der Waals surface area contributed by atoms with Crippen molar-refractivity contribution >= 4 is 23.4 Å². The Morgan fingerprint density at radius 2 is 1.93 bits per heavy atom. The lowest BCUT2D eigenvalue weighted by molar-refractivity contribution is 0.206. The number of halogens is 1. The molecular weight excluding hydrogens is 381 g/mol. The van der Waals surface area contributed by atoms with Crippen LogP contribution in [0.1, 0.15) is 36.6 Å². The summed E-state index contributed by atoms with van der Waals surface area (Å²) in [5.74, 6) is 0.646. The quantitative estimate of drug-likeness (QED) is 0.636. The molecule has 0 saturated carbocycles. The molecule has 1 aliphatic heterocycles. The Bertz CT molecular complexity index is 1050. The van der Waals surface area contributed by atoms with Crippen molar-refractivity contribution in [2.24, 2.45) is 0 Å². The molecule has 2 heterocycles. The van der Waals surface area contributed by atoms with Crippen LogP contribution >= 0.6 is 0 Å². The lowest BCUT2D eigenvalue weighted by Gasteiger charge is -2.28. The van der Waals surface area contributed by atoms with Gasteiger partial charge in [-0.25, -0.2) is 19.2 Å². The zero-order valence-corrected chi connectivity index (χ0v) is 17.0. The van der Waals surface area contributed by atoms with Gasteiger partial charge in [0.15, 0.2) is 0 Å². The Morgan fingerprint density at radius 1 is 1.13 bits per heavy atom. The first-order valence-corrected chi connectivity index (χ1v) is 10.0. The number of urea groups is 1. The van der Waals surface area contributed by atoms with Gasteiger partial charge in [0.1, 0.15) is 5.82 Å². The molecule has 2 N–H and O–H groups in total. The second-order valence-corrected chi connectivity index (χ2v) is 7.68. The molecule has 0 spiro atoms. The molecule has 0 radical (unpaired) electrons. The summed E-state index contributed by atoms with van der Waals surface area (Å²) in [7, 11) is 0. The lowest BCUT2D eigenvalue weighted by Crippen LogP contribution is -2.39. The van der Waals surface area contributed by atoms with Gasteiger partial charge in [-0.1, -0.05) is 32.0 Å². The zero-order chi connectivity index (χ0) is 21.1. The Balaban J connectivity index is 1.41. The number of aromatic nitrogens is 2. The number of benzene rings is 2. The van der Waals surface area contributed by atoms with Crippen molar-refractivity contribution in [3.05, 3.63) is 77.4 Å². The molecule has 30 heavy (non-hydrogen) atoms. The molecule has 0 saturated heterocycles. The molecule has 4 rings (SSSR count). The van der Waals surface area contributed by atoms with Gasteiger partial charge in [0, 0.05) is 36.1 Å². The summed E-state index contributed by atoms with van der Waals surface area (Å²) >= 11 is 0. The van der Waals surface area contributed by atoms with E-state index in [9.17, 15) is 9.18 Å². The molecular formula is C23H24FN5O. The van der Waals surface area contributed by atoms with Crippen LogP contribution in [-0.4, -0.2) is 27.4 Å². The highest BCUT2D eigenvalue weighted by Crippen LogP contribution is 2.22. The number of fused-ring (bicyclic) bond motifs is 1. The van der Waals surface area contributed by atoms with Gasteiger partial charge in [-0.05, 0) is 41.8 Å². The van der Waals surface area contributed by atoms with Crippen LogP contribution in [0, 0.1) is 5.82 Å². The van der Waals surface area contributed by atoms with E-state index in [0.29, 0.717) is 37.1 Å². The van der Waals surface area contributed by atoms with Gasteiger partial charge in [-0.15, -0.1) is 0 Å². The van der Waals surface area contributed by atoms with E-state index in [2.05, 4.69) is 46.6 Å². The Morgan fingerprint density at radius 3 is 2.67 bits per heavy atom. The molecule has 0 atom stereocenters. The minimum Gasteiger partial charge on any atom is -0.324 e. The molecule has 1 aliphatic rings. The molecule has 7 heteroatoms. The fraction of sp³-hybridized carbons (Fsp3) is 0.261. The molecule has 0 fully saturated rings. The molecule has 2 aromatic carbocycles. The first-order valence-electron chi connectivity index (χ1n) is 10.0. The molecule has 3 aromatic rings. The van der Waals surface area contributed by atoms with E-state index in [-0.39, 0.29) is 11.8 Å². The van der Waals surface area contributed by atoms with E-state index in [1.807, 2.05) is 12.1 Å². The predicted octanol–water partition coefficient (Wildman–Crippen LogP) is 5.07. The number of hydrogen-bond donors (Lipinski definition) is 2. The van der Waals surface area contributed by atoms with Crippen LogP contribution in [0.25, 0.3) is 0 Å². The van der Waals surface area contributed by atoms with Crippen LogP contribution in [0.4, 0.5) is 26.5 Å². The number of amides is 2. The maximum absolute atomic E-state index is 13.3. The molecule has 1 aromatic heterocycles. The van der Waals surface area contributed by atoms with Crippen LogP contribution in [0.15, 0.2) is 54.7 Å². The van der Waals surface area contributed by atoms with E-state index < -0.39 is 0 Å². The van der Waals surface area contributed by atoms with Crippen LogP contribution in [0.5, 0.6) is 0 Å². The highest BCUT2D eigenvalue weighted by molar-refractivity contribution is 5.89. The van der Waals surface area contributed by atoms with Gasteiger partial charge in [-0.2, -0.15) is 0 Å². The predicted molar refractivity (Wildman–Crippen MR) is 115 cm³/mol. The fourth-order valence-corrected chi connectivity index (χ4v) is 3.40. The lowest BCUT2D eigenvalue weighted by atomic mass is 10.0. The third kappa shape index (κ3) is 4.56. The van der Waals surface area contributed by atoms with Crippen molar-refractivity contribution in [2.75, 3.05) is 17.2 Å². The van der Waals surface area contributed by atoms with Crippen molar-refractivity contribution in [2.45, 2.75) is 32.7 Å². The SMILES string of the molecule is CC(C)c1ccc(Nc2ncc3c(n2)CCN(C(=O)Nc2cccc(F)c2)C3)cc1. The summed E-state index contributed by atoms with van der Waals surface area (Å²) in [4.78, 5) is 23.2. The Hall–Kier alpha value is -3.48. The van der Waals surface area contributed by atoms with Crippen molar-refractivity contribution in [1.29, 1.82) is 0 Å². The summed E-state index contributed by atoms with van der Waals surface area (Å²) in [6.45, 7) is 5.28. The molecule has 6 nitrogen and oxygen atoms in total. The van der Waals surface area contributed by atoms with Crippen LogP contribution in [-0.2, 0) is 13.0 Å². The fourth-order valence-electron chi connectivity index (χ4n) is 3.40. The van der Waals surface area contributed by atoms with Crippen LogP contribution < -0.4 is 10.6 Å². The van der Waals surface area contributed by atoms with Crippen LogP contribution in [0.3, 0.4) is 0 Å². The van der Waals surface area contributed by atoms with Gasteiger partial charge >= 0.3 is 6.03 Å². The van der Waals surface area contributed by atoms with E-state index in [0.717, 1.165) is 16.9 Å². The van der Waals surface area contributed by atoms with Crippen molar-refractivity contribution < 1.29 is 9.18 Å². The number of nitrogens with one attached hydrogen (secondary N) is 2. The highest BCUT2D eigenvalue weighted by Gasteiger charge is 2.22. The van der Waals surface area contributed by atoms with Gasteiger partial charge in [0.05, 0.1) is 12.2 Å². The summed E-state index contributed by atoms with van der Waals surface area (Å²) < 4.78 is 13.3. The summed E-state index contributed by atoms with van der Waals surface area (Å²) in [5.41, 5.74) is 4.50. The van der Waals surface area contributed by atoms with Crippen molar-refractivity contribution in [1.82, 2.24) is 14.9 Å². The maximum Gasteiger partial charge on any atom is 0.322 e. The number of carbonyl (C=O) groups is 1. The third-order valence-corrected chi connectivity index (χ3v) is 5.13. The Labute approximate surface area is 175 Å². The van der Waals surface area contributed by atoms with E-state index in [4.69, 9.17) is 0 Å². The van der Waals surface area contributed by atoms with E-state index in [1.165, 1.54) is 17.7 Å². The molecule has 2 amide bonds. The second kappa shape index (κ2) is 8.49. The average molecular weight is 405 g/mol. The number of anilines is 3. The monoisotopic (exact) mass is 405 g/mol. The van der Waals surface area contributed by atoms with Crippen molar-refractivity contribution in [3.63, 3.8) is 0 Å². The molecule has 154 valence electrons. The zero-order valence-electron chi connectivity index (χ0n) is 17.0. The molecule has 0 unspecified atom stereocenters. The number of carbonyl (C=O) groups excluding carboxylic acids is 1. The van der Waals surface area contributed by atoms with Gasteiger partial charge in [0.2, 0.25) is 5.95 Å². The number of hydrogen-bond acceptors (Lipinski definition) is 4. The minimum atomic E-state index is -0.385. The van der Waals surface area contributed by atoms with E-state index in [1.54, 1.807) is 23.2 Å². The van der Waals surface area contributed by atoms with E-state index >= 15 is 0 Å². The smallest absolute Gasteiger partial charge is 0.322 e. The van der Waals surface area contributed by atoms with Gasteiger partial charge < -0.3 is 15.5 Å². The summed E-state index contributed by atoms with van der Waals surface area (Å²) in [6, 6.07) is 13.8. The average Bonchev–Trinajstić information content (AvgIpc) is 2.73. The highest BCUT2D eigenvalue weighted by atomic mass is 19.1. The minimum absolute atomic E-state index is 0.265. The first-order chi connectivity index (χ1) is 14.5. The second-order valence-electron chi connectivity index (χ2n) is 7.68. The van der Waals surface area contributed by atoms with Gasteiger partial charge in [-0.3, -0.25) is 0 Å². The van der Waals surface area contributed by atoms with Gasteiger partial charge in [0.25, 0.3) is 0 Å². The molecule has 0 bridgehead atoms. The first kappa shape index (κ1) is 19.8. The summed E-state index contributed by atoms with van der Waals surface area (Å²) in [5, 5.41) is 5.97. The molecule has 0 aliphatic carbocycles. The standard InChI is InChI=1S/C23H24FN5O/c1-15(2)16-6-8-19(9-7-16)26-22-25-13-17-14-29(11-10-21(17)28-22)23(30)27-20-5-3-4-18(24)12-20/h3-9,12-13,15H,10-11,14H2,1-2H3,(H,27,30)(H,25,26,28). The van der Waals surface area contributed by atoms with Crippen molar-refractivity contribution in [3.8, 4) is 0 Å².